The summed E-state index contributed by atoms with van der Waals surface area (Å²) in [7, 11) is 0. The third-order valence-electron chi connectivity index (χ3n) is 3.35. The summed E-state index contributed by atoms with van der Waals surface area (Å²) in [5.41, 5.74) is 8.39. The lowest BCUT2D eigenvalue weighted by Crippen LogP contribution is -2.19. The molecule has 110 valence electrons. The number of oxime groups is 1. The Hall–Kier alpha value is -2.40. The maximum Gasteiger partial charge on any atom is 0.173 e. The third kappa shape index (κ3) is 3.58. The highest BCUT2D eigenvalue weighted by Gasteiger charge is 2.11. The van der Waals surface area contributed by atoms with E-state index < -0.39 is 5.82 Å². The first-order chi connectivity index (χ1) is 10.1. The number of aryl methyl sites for hydroxylation is 1. The second-order valence-electron chi connectivity index (χ2n) is 4.79. The Kier molecular flexibility index (Phi) is 4.90. The standard InChI is InChI=1S/C16H18FN3O/c1-11-5-2-3-6-12(11)9-19-10-13-7-4-8-14(15(13)17)16(18)20-21/h2-8,19,21H,9-10H2,1H3,(H2,18,20). The molecular formula is C16H18FN3O. The minimum absolute atomic E-state index is 0.104. The van der Waals surface area contributed by atoms with E-state index in [2.05, 4.69) is 10.5 Å². The minimum atomic E-state index is -0.468. The summed E-state index contributed by atoms with van der Waals surface area (Å²) < 4.78 is 14.2. The molecule has 4 nitrogen and oxygen atoms in total. The number of benzene rings is 2. The van der Waals surface area contributed by atoms with Gasteiger partial charge in [0.05, 0.1) is 5.56 Å². The van der Waals surface area contributed by atoms with E-state index >= 15 is 0 Å². The molecule has 2 aromatic carbocycles. The van der Waals surface area contributed by atoms with Gasteiger partial charge in [-0.1, -0.05) is 41.6 Å². The predicted molar refractivity (Wildman–Crippen MR) is 80.6 cm³/mol. The quantitative estimate of drug-likeness (QED) is 0.342. The smallest absolute Gasteiger partial charge is 0.173 e. The topological polar surface area (TPSA) is 70.6 Å². The van der Waals surface area contributed by atoms with Gasteiger partial charge in [-0.3, -0.25) is 0 Å². The van der Waals surface area contributed by atoms with Gasteiger partial charge in [0, 0.05) is 18.7 Å². The highest BCUT2D eigenvalue weighted by atomic mass is 19.1. The summed E-state index contributed by atoms with van der Waals surface area (Å²) in [6, 6.07) is 12.9. The SMILES string of the molecule is Cc1ccccc1CNCc1cccc(/C(N)=N/O)c1F. The summed E-state index contributed by atoms with van der Waals surface area (Å²) in [5, 5.41) is 14.7. The Labute approximate surface area is 123 Å². The van der Waals surface area contributed by atoms with Crippen LogP contribution in [-0.2, 0) is 13.1 Å². The van der Waals surface area contributed by atoms with Gasteiger partial charge >= 0.3 is 0 Å². The van der Waals surface area contributed by atoms with Crippen molar-refractivity contribution in [1.29, 1.82) is 0 Å². The van der Waals surface area contributed by atoms with Crippen LogP contribution in [0.5, 0.6) is 0 Å². The van der Waals surface area contributed by atoms with E-state index in [-0.39, 0.29) is 11.4 Å². The van der Waals surface area contributed by atoms with Gasteiger partial charge in [0.15, 0.2) is 5.84 Å². The normalized spacial score (nSPS) is 11.6. The van der Waals surface area contributed by atoms with Crippen molar-refractivity contribution >= 4 is 5.84 Å². The zero-order valence-corrected chi connectivity index (χ0v) is 11.8. The van der Waals surface area contributed by atoms with Crippen molar-refractivity contribution in [2.24, 2.45) is 10.9 Å². The number of amidine groups is 1. The van der Waals surface area contributed by atoms with Crippen LogP contribution in [0.1, 0.15) is 22.3 Å². The molecule has 5 heteroatoms. The molecule has 0 unspecified atom stereocenters. The van der Waals surface area contributed by atoms with Gasteiger partial charge in [-0.2, -0.15) is 0 Å². The van der Waals surface area contributed by atoms with Crippen molar-refractivity contribution in [3.8, 4) is 0 Å². The lowest BCUT2D eigenvalue weighted by Gasteiger charge is -2.10. The Morgan fingerprint density at radius 1 is 1.14 bits per heavy atom. The molecule has 21 heavy (non-hydrogen) atoms. The monoisotopic (exact) mass is 287 g/mol. The molecule has 0 heterocycles. The maximum absolute atomic E-state index is 14.2. The van der Waals surface area contributed by atoms with Crippen LogP contribution < -0.4 is 11.1 Å². The van der Waals surface area contributed by atoms with E-state index in [4.69, 9.17) is 10.9 Å². The second kappa shape index (κ2) is 6.85. The van der Waals surface area contributed by atoms with E-state index in [9.17, 15) is 4.39 Å². The number of hydrogen-bond donors (Lipinski definition) is 3. The first-order valence-corrected chi connectivity index (χ1v) is 6.64. The molecule has 2 aromatic rings. The van der Waals surface area contributed by atoms with Crippen molar-refractivity contribution in [3.63, 3.8) is 0 Å². The van der Waals surface area contributed by atoms with Gasteiger partial charge in [-0.15, -0.1) is 0 Å². The molecule has 0 bridgehead atoms. The van der Waals surface area contributed by atoms with E-state index in [1.807, 2.05) is 31.2 Å². The fraction of sp³-hybridized carbons (Fsp3) is 0.188. The van der Waals surface area contributed by atoms with E-state index in [0.717, 1.165) is 0 Å². The summed E-state index contributed by atoms with van der Waals surface area (Å²) in [6.45, 7) is 3.06. The van der Waals surface area contributed by atoms with Gasteiger partial charge in [-0.05, 0) is 24.1 Å². The number of rotatable bonds is 5. The number of nitrogens with one attached hydrogen (secondary N) is 1. The number of nitrogens with two attached hydrogens (primary N) is 1. The van der Waals surface area contributed by atoms with Gasteiger partial charge in [0.1, 0.15) is 5.82 Å². The molecule has 0 fully saturated rings. The molecule has 0 saturated heterocycles. The van der Waals surface area contributed by atoms with E-state index in [1.54, 1.807) is 12.1 Å². The predicted octanol–water partition coefficient (Wildman–Crippen LogP) is 2.52. The first-order valence-electron chi connectivity index (χ1n) is 6.64. The molecule has 0 aliphatic rings. The van der Waals surface area contributed by atoms with Crippen LogP contribution in [0.15, 0.2) is 47.6 Å². The van der Waals surface area contributed by atoms with Crippen molar-refractivity contribution in [2.75, 3.05) is 0 Å². The molecule has 0 aliphatic carbocycles. The summed E-state index contributed by atoms with van der Waals surface area (Å²) in [6.07, 6.45) is 0. The molecule has 0 aliphatic heterocycles. The average Bonchev–Trinajstić information content (AvgIpc) is 2.50. The molecule has 2 rings (SSSR count). The zero-order chi connectivity index (χ0) is 15.2. The van der Waals surface area contributed by atoms with Crippen LogP contribution in [0.2, 0.25) is 0 Å². The molecule has 0 spiro atoms. The highest BCUT2D eigenvalue weighted by molar-refractivity contribution is 5.97. The lowest BCUT2D eigenvalue weighted by atomic mass is 10.1. The second-order valence-corrected chi connectivity index (χ2v) is 4.79. The Morgan fingerprint density at radius 3 is 2.52 bits per heavy atom. The van der Waals surface area contributed by atoms with E-state index in [1.165, 1.54) is 17.2 Å². The highest BCUT2D eigenvalue weighted by Crippen LogP contribution is 2.13. The Bertz CT molecular complexity index is 656. The first kappa shape index (κ1) is 15.0. The zero-order valence-electron chi connectivity index (χ0n) is 11.8. The van der Waals surface area contributed by atoms with Crippen LogP contribution in [0.4, 0.5) is 4.39 Å². The molecular weight excluding hydrogens is 269 g/mol. The van der Waals surface area contributed by atoms with Gasteiger partial charge in [0.2, 0.25) is 0 Å². The summed E-state index contributed by atoms with van der Waals surface area (Å²) in [4.78, 5) is 0. The maximum atomic E-state index is 14.2. The molecule has 4 N–H and O–H groups in total. The van der Waals surface area contributed by atoms with Crippen LogP contribution in [0.3, 0.4) is 0 Å². The Balaban J connectivity index is 2.06. The fourth-order valence-corrected chi connectivity index (χ4v) is 2.11. The van der Waals surface area contributed by atoms with Crippen LogP contribution in [0.25, 0.3) is 0 Å². The van der Waals surface area contributed by atoms with Crippen LogP contribution in [0, 0.1) is 12.7 Å². The van der Waals surface area contributed by atoms with Crippen molar-refractivity contribution in [3.05, 3.63) is 70.5 Å². The van der Waals surface area contributed by atoms with Crippen molar-refractivity contribution in [2.45, 2.75) is 20.0 Å². The van der Waals surface area contributed by atoms with Crippen molar-refractivity contribution < 1.29 is 9.60 Å². The molecule has 0 amide bonds. The average molecular weight is 287 g/mol. The Morgan fingerprint density at radius 2 is 1.81 bits per heavy atom. The molecule has 0 atom stereocenters. The third-order valence-corrected chi connectivity index (χ3v) is 3.35. The summed E-state index contributed by atoms with van der Waals surface area (Å²) >= 11 is 0. The molecule has 0 aromatic heterocycles. The number of halogens is 1. The van der Waals surface area contributed by atoms with Crippen LogP contribution >= 0.6 is 0 Å². The minimum Gasteiger partial charge on any atom is -0.409 e. The lowest BCUT2D eigenvalue weighted by molar-refractivity contribution is 0.318. The van der Waals surface area contributed by atoms with Gasteiger partial charge < -0.3 is 16.3 Å². The molecule has 0 radical (unpaired) electrons. The number of nitrogens with zero attached hydrogens (tertiary/aromatic N) is 1. The van der Waals surface area contributed by atoms with Gasteiger partial charge in [-0.25, -0.2) is 4.39 Å². The largest absolute Gasteiger partial charge is 0.409 e. The number of hydrogen-bond acceptors (Lipinski definition) is 3. The van der Waals surface area contributed by atoms with Crippen LogP contribution in [-0.4, -0.2) is 11.0 Å². The van der Waals surface area contributed by atoms with Gasteiger partial charge in [0.25, 0.3) is 0 Å². The fourth-order valence-electron chi connectivity index (χ4n) is 2.11. The summed E-state index contributed by atoms with van der Waals surface area (Å²) in [5.74, 6) is -0.696. The van der Waals surface area contributed by atoms with Crippen molar-refractivity contribution in [1.82, 2.24) is 5.32 Å². The van der Waals surface area contributed by atoms with E-state index in [0.29, 0.717) is 18.7 Å². The molecule has 0 saturated carbocycles.